The van der Waals surface area contributed by atoms with Crippen LogP contribution in [0, 0.1) is 0 Å². The lowest BCUT2D eigenvalue weighted by Gasteiger charge is -2.29. The second kappa shape index (κ2) is 4.17. The maximum Gasteiger partial charge on any atom is 0.0543 e. The summed E-state index contributed by atoms with van der Waals surface area (Å²) in [6, 6.07) is 4.21. The zero-order valence-corrected chi connectivity index (χ0v) is 11.4. The minimum Gasteiger partial charge on any atom is -0.325 e. The van der Waals surface area contributed by atoms with E-state index >= 15 is 0 Å². The predicted octanol–water partition coefficient (Wildman–Crippen LogP) is 3.14. The van der Waals surface area contributed by atoms with E-state index in [0.717, 1.165) is 5.69 Å². The summed E-state index contributed by atoms with van der Waals surface area (Å²) in [5.41, 5.74) is 9.31. The number of rotatable bonds is 1. The molecule has 2 nitrogen and oxygen atoms in total. The fraction of sp³-hybridized carbons (Fsp3) is 0.643. The average Bonchev–Trinajstić information content (AvgIpc) is 2.14. The normalized spacial score (nSPS) is 12.9. The van der Waals surface area contributed by atoms with Crippen LogP contribution in [0.15, 0.2) is 12.1 Å². The third kappa shape index (κ3) is 2.82. The van der Waals surface area contributed by atoms with Crippen LogP contribution in [-0.4, -0.2) is 4.98 Å². The van der Waals surface area contributed by atoms with Gasteiger partial charge < -0.3 is 5.73 Å². The van der Waals surface area contributed by atoms with Crippen LogP contribution in [0.3, 0.4) is 0 Å². The van der Waals surface area contributed by atoms with Crippen molar-refractivity contribution in [1.29, 1.82) is 0 Å². The van der Waals surface area contributed by atoms with Crippen molar-refractivity contribution >= 4 is 0 Å². The molecule has 2 N–H and O–H groups in total. The molecule has 0 radical (unpaired) electrons. The Hall–Kier alpha value is -0.890. The summed E-state index contributed by atoms with van der Waals surface area (Å²) >= 11 is 0. The molecular formula is C14H24N2. The Morgan fingerprint density at radius 2 is 1.56 bits per heavy atom. The Labute approximate surface area is 99.3 Å². The van der Waals surface area contributed by atoms with Crippen molar-refractivity contribution in [1.82, 2.24) is 4.98 Å². The molecule has 2 heteroatoms. The highest BCUT2D eigenvalue weighted by atomic mass is 14.8. The largest absolute Gasteiger partial charge is 0.325 e. The first kappa shape index (κ1) is 13.2. The number of hydrogen-bond donors (Lipinski definition) is 1. The molecule has 0 unspecified atom stereocenters. The minimum absolute atomic E-state index is 0.0633. The first-order valence-corrected chi connectivity index (χ1v) is 5.87. The van der Waals surface area contributed by atoms with Gasteiger partial charge >= 0.3 is 0 Å². The van der Waals surface area contributed by atoms with Gasteiger partial charge in [-0.15, -0.1) is 0 Å². The van der Waals surface area contributed by atoms with Crippen LogP contribution in [0.25, 0.3) is 0 Å². The van der Waals surface area contributed by atoms with Gasteiger partial charge in [-0.2, -0.15) is 0 Å². The highest BCUT2D eigenvalue weighted by molar-refractivity contribution is 5.33. The molecule has 0 aliphatic carbocycles. The van der Waals surface area contributed by atoms with Crippen molar-refractivity contribution in [2.75, 3.05) is 0 Å². The van der Waals surface area contributed by atoms with Gasteiger partial charge in [0.05, 0.1) is 5.69 Å². The van der Waals surface area contributed by atoms with Crippen LogP contribution in [0.2, 0.25) is 0 Å². The van der Waals surface area contributed by atoms with Gasteiger partial charge in [0, 0.05) is 17.7 Å². The van der Waals surface area contributed by atoms with Crippen LogP contribution in [-0.2, 0) is 17.4 Å². The Bertz CT molecular complexity index is 367. The summed E-state index contributed by atoms with van der Waals surface area (Å²) in [6.07, 6.45) is 0. The average molecular weight is 220 g/mol. The van der Waals surface area contributed by atoms with Crippen molar-refractivity contribution in [3.8, 4) is 0 Å². The fourth-order valence-corrected chi connectivity index (χ4v) is 1.79. The standard InChI is InChI=1S/C14H24N2/c1-13(2,3)11-8-7-10(9-15)16-12(11)14(4,5)6/h7-8H,9,15H2,1-6H3. The molecule has 0 spiro atoms. The van der Waals surface area contributed by atoms with Gasteiger partial charge in [-0.05, 0) is 17.0 Å². The van der Waals surface area contributed by atoms with Crippen LogP contribution < -0.4 is 5.73 Å². The van der Waals surface area contributed by atoms with E-state index in [0.29, 0.717) is 6.54 Å². The summed E-state index contributed by atoms with van der Waals surface area (Å²) in [5, 5.41) is 0. The van der Waals surface area contributed by atoms with E-state index < -0.39 is 0 Å². The van der Waals surface area contributed by atoms with Gasteiger partial charge in [0.25, 0.3) is 0 Å². The number of nitrogens with two attached hydrogens (primary N) is 1. The number of nitrogens with zero attached hydrogens (tertiary/aromatic N) is 1. The summed E-state index contributed by atoms with van der Waals surface area (Å²) < 4.78 is 0. The molecule has 0 fully saturated rings. The van der Waals surface area contributed by atoms with E-state index in [9.17, 15) is 0 Å². The zero-order chi connectivity index (χ0) is 12.6. The number of hydrogen-bond acceptors (Lipinski definition) is 2. The molecule has 0 aliphatic rings. The lowest BCUT2D eigenvalue weighted by Crippen LogP contribution is -2.24. The molecule has 0 saturated heterocycles. The monoisotopic (exact) mass is 220 g/mol. The van der Waals surface area contributed by atoms with Gasteiger partial charge in [0.2, 0.25) is 0 Å². The Kier molecular flexibility index (Phi) is 3.44. The van der Waals surface area contributed by atoms with Gasteiger partial charge in [-0.1, -0.05) is 47.6 Å². The Morgan fingerprint density at radius 3 is 1.94 bits per heavy atom. The first-order chi connectivity index (χ1) is 7.16. The van der Waals surface area contributed by atoms with Crippen molar-refractivity contribution < 1.29 is 0 Å². The second-order valence-corrected chi connectivity index (χ2v) is 6.40. The van der Waals surface area contributed by atoms with Crippen molar-refractivity contribution in [2.24, 2.45) is 5.73 Å². The summed E-state index contributed by atoms with van der Waals surface area (Å²) in [5.74, 6) is 0. The van der Waals surface area contributed by atoms with Crippen molar-refractivity contribution in [3.63, 3.8) is 0 Å². The van der Waals surface area contributed by atoms with Gasteiger partial charge in [-0.3, -0.25) is 4.98 Å². The molecular weight excluding hydrogens is 196 g/mol. The molecule has 0 aliphatic heterocycles. The van der Waals surface area contributed by atoms with Gasteiger partial charge in [0.1, 0.15) is 0 Å². The first-order valence-electron chi connectivity index (χ1n) is 5.87. The molecule has 0 amide bonds. The topological polar surface area (TPSA) is 38.9 Å². The molecule has 0 atom stereocenters. The molecule has 0 saturated carbocycles. The molecule has 16 heavy (non-hydrogen) atoms. The smallest absolute Gasteiger partial charge is 0.0543 e. The molecule has 0 bridgehead atoms. The van der Waals surface area contributed by atoms with E-state index in [1.807, 2.05) is 6.07 Å². The molecule has 1 heterocycles. The van der Waals surface area contributed by atoms with Gasteiger partial charge in [0.15, 0.2) is 0 Å². The lowest BCUT2D eigenvalue weighted by molar-refractivity contribution is 0.511. The van der Waals surface area contributed by atoms with E-state index in [2.05, 4.69) is 47.6 Å². The van der Waals surface area contributed by atoms with Crippen LogP contribution >= 0.6 is 0 Å². The quantitative estimate of drug-likeness (QED) is 0.789. The van der Waals surface area contributed by atoms with E-state index in [-0.39, 0.29) is 10.8 Å². The maximum absolute atomic E-state index is 5.66. The summed E-state index contributed by atoms with van der Waals surface area (Å²) in [7, 11) is 0. The lowest BCUT2D eigenvalue weighted by atomic mass is 9.78. The molecule has 90 valence electrons. The zero-order valence-electron chi connectivity index (χ0n) is 11.4. The molecule has 1 rings (SSSR count). The molecule has 0 aromatic carbocycles. The summed E-state index contributed by atoms with van der Waals surface area (Å²) in [4.78, 5) is 4.70. The van der Waals surface area contributed by atoms with E-state index in [4.69, 9.17) is 10.7 Å². The minimum atomic E-state index is 0.0633. The second-order valence-electron chi connectivity index (χ2n) is 6.40. The van der Waals surface area contributed by atoms with E-state index in [1.165, 1.54) is 11.3 Å². The molecule has 1 aromatic heterocycles. The van der Waals surface area contributed by atoms with E-state index in [1.54, 1.807) is 0 Å². The summed E-state index contributed by atoms with van der Waals surface area (Å²) in [6.45, 7) is 13.8. The van der Waals surface area contributed by atoms with Crippen LogP contribution in [0.4, 0.5) is 0 Å². The Balaban J connectivity index is 3.40. The number of aromatic nitrogens is 1. The third-order valence-corrected chi connectivity index (χ3v) is 2.68. The van der Waals surface area contributed by atoms with Crippen molar-refractivity contribution in [3.05, 3.63) is 29.1 Å². The van der Waals surface area contributed by atoms with Crippen molar-refractivity contribution in [2.45, 2.75) is 58.9 Å². The molecule has 1 aromatic rings. The predicted molar refractivity (Wildman–Crippen MR) is 69.5 cm³/mol. The van der Waals surface area contributed by atoms with Gasteiger partial charge in [-0.25, -0.2) is 0 Å². The fourth-order valence-electron chi connectivity index (χ4n) is 1.79. The van der Waals surface area contributed by atoms with Crippen LogP contribution in [0.1, 0.15) is 58.5 Å². The maximum atomic E-state index is 5.66. The highest BCUT2D eigenvalue weighted by Gasteiger charge is 2.26. The third-order valence-electron chi connectivity index (χ3n) is 2.68. The highest BCUT2D eigenvalue weighted by Crippen LogP contribution is 2.32. The Morgan fingerprint density at radius 1 is 1.00 bits per heavy atom. The SMILES string of the molecule is CC(C)(C)c1ccc(CN)nc1C(C)(C)C. The van der Waals surface area contributed by atoms with Crippen LogP contribution in [0.5, 0.6) is 0 Å². The number of pyridine rings is 1.